The van der Waals surface area contributed by atoms with E-state index in [9.17, 15) is 9.90 Å². The van der Waals surface area contributed by atoms with E-state index in [2.05, 4.69) is 5.32 Å². The lowest BCUT2D eigenvalue weighted by atomic mass is 9.96. The molecule has 0 heterocycles. The highest BCUT2D eigenvalue weighted by Crippen LogP contribution is 2.36. The van der Waals surface area contributed by atoms with Crippen molar-refractivity contribution < 1.29 is 15.0 Å². The van der Waals surface area contributed by atoms with Crippen LogP contribution in [0.2, 0.25) is 0 Å². The van der Waals surface area contributed by atoms with Crippen LogP contribution in [0, 0.1) is 5.92 Å². The SMILES string of the molecule is O=C(O)C(NC1(CO)CCCC1)C1CC1. The zero-order chi connectivity index (χ0) is 10.9. The lowest BCUT2D eigenvalue weighted by Crippen LogP contribution is -2.54. The zero-order valence-corrected chi connectivity index (χ0v) is 8.91. The fourth-order valence-electron chi connectivity index (χ4n) is 2.54. The Kier molecular flexibility index (Phi) is 2.98. The van der Waals surface area contributed by atoms with Crippen LogP contribution < -0.4 is 5.32 Å². The molecule has 2 saturated carbocycles. The summed E-state index contributed by atoms with van der Waals surface area (Å²) in [6, 6.07) is -0.449. The van der Waals surface area contributed by atoms with Crippen molar-refractivity contribution >= 4 is 5.97 Å². The van der Waals surface area contributed by atoms with Crippen molar-refractivity contribution in [3.05, 3.63) is 0 Å². The first-order valence-electron chi connectivity index (χ1n) is 5.78. The molecule has 0 aromatic carbocycles. The normalized spacial score (nSPS) is 26.5. The lowest BCUT2D eigenvalue weighted by Gasteiger charge is -2.31. The van der Waals surface area contributed by atoms with Crippen LogP contribution in [-0.4, -0.2) is 34.4 Å². The van der Waals surface area contributed by atoms with E-state index in [1.165, 1.54) is 0 Å². The summed E-state index contributed by atoms with van der Waals surface area (Å²) in [5.41, 5.74) is -0.314. The molecule has 4 heteroatoms. The van der Waals surface area contributed by atoms with Gasteiger partial charge in [-0.3, -0.25) is 10.1 Å². The molecule has 86 valence electrons. The first kappa shape index (κ1) is 10.9. The molecule has 1 unspecified atom stereocenters. The Morgan fingerprint density at radius 1 is 1.40 bits per heavy atom. The molecule has 3 N–H and O–H groups in total. The van der Waals surface area contributed by atoms with Crippen LogP contribution in [-0.2, 0) is 4.79 Å². The minimum absolute atomic E-state index is 0.0590. The second-order valence-electron chi connectivity index (χ2n) is 4.94. The van der Waals surface area contributed by atoms with Gasteiger partial charge in [-0.25, -0.2) is 0 Å². The minimum Gasteiger partial charge on any atom is -0.480 e. The van der Waals surface area contributed by atoms with Gasteiger partial charge in [-0.15, -0.1) is 0 Å². The molecule has 0 radical (unpaired) electrons. The second-order valence-corrected chi connectivity index (χ2v) is 4.94. The third-order valence-corrected chi connectivity index (χ3v) is 3.68. The molecular formula is C11H19NO3. The second kappa shape index (κ2) is 4.10. The molecule has 0 aromatic rings. The average Bonchev–Trinajstić information content (AvgIpc) is 2.95. The Morgan fingerprint density at radius 2 is 2.00 bits per heavy atom. The average molecular weight is 213 g/mol. The Labute approximate surface area is 89.7 Å². The van der Waals surface area contributed by atoms with E-state index >= 15 is 0 Å². The highest BCUT2D eigenvalue weighted by molar-refractivity contribution is 5.74. The number of aliphatic hydroxyl groups is 1. The quantitative estimate of drug-likeness (QED) is 0.630. The number of rotatable bonds is 5. The van der Waals surface area contributed by atoms with Gasteiger partial charge in [-0.2, -0.15) is 0 Å². The van der Waals surface area contributed by atoms with Crippen molar-refractivity contribution in [3.63, 3.8) is 0 Å². The fourth-order valence-corrected chi connectivity index (χ4v) is 2.54. The monoisotopic (exact) mass is 213 g/mol. The smallest absolute Gasteiger partial charge is 0.321 e. The molecular weight excluding hydrogens is 194 g/mol. The molecule has 4 nitrogen and oxygen atoms in total. The number of hydrogen-bond acceptors (Lipinski definition) is 3. The number of aliphatic hydroxyl groups excluding tert-OH is 1. The Bertz CT molecular complexity index is 244. The van der Waals surface area contributed by atoms with E-state index in [1.807, 2.05) is 0 Å². The van der Waals surface area contributed by atoms with E-state index in [-0.39, 0.29) is 18.1 Å². The van der Waals surface area contributed by atoms with Gasteiger partial charge < -0.3 is 10.2 Å². The maximum Gasteiger partial charge on any atom is 0.321 e. The van der Waals surface area contributed by atoms with Crippen molar-refractivity contribution in [2.24, 2.45) is 5.92 Å². The maximum absolute atomic E-state index is 11.1. The van der Waals surface area contributed by atoms with Crippen molar-refractivity contribution in [3.8, 4) is 0 Å². The number of carboxylic acids is 1. The molecule has 2 fully saturated rings. The van der Waals surface area contributed by atoms with Gasteiger partial charge in [0.1, 0.15) is 6.04 Å². The first-order chi connectivity index (χ1) is 7.17. The van der Waals surface area contributed by atoms with Gasteiger partial charge in [-0.05, 0) is 31.6 Å². The van der Waals surface area contributed by atoms with Crippen LogP contribution >= 0.6 is 0 Å². The van der Waals surface area contributed by atoms with Gasteiger partial charge in [0.25, 0.3) is 0 Å². The topological polar surface area (TPSA) is 69.6 Å². The van der Waals surface area contributed by atoms with Gasteiger partial charge in [-0.1, -0.05) is 12.8 Å². The first-order valence-corrected chi connectivity index (χ1v) is 5.78. The van der Waals surface area contributed by atoms with E-state index in [4.69, 9.17) is 5.11 Å². The number of hydrogen-bond donors (Lipinski definition) is 3. The molecule has 0 bridgehead atoms. The van der Waals surface area contributed by atoms with Crippen molar-refractivity contribution in [2.45, 2.75) is 50.1 Å². The minimum atomic E-state index is -0.766. The summed E-state index contributed by atoms with van der Waals surface area (Å²) in [5, 5.41) is 21.7. The molecule has 15 heavy (non-hydrogen) atoms. The summed E-state index contributed by atoms with van der Waals surface area (Å²) in [6.07, 6.45) is 5.99. The molecule has 2 rings (SSSR count). The summed E-state index contributed by atoms with van der Waals surface area (Å²) in [4.78, 5) is 11.1. The number of carbonyl (C=O) groups is 1. The highest BCUT2D eigenvalue weighted by atomic mass is 16.4. The molecule has 0 aromatic heterocycles. The van der Waals surface area contributed by atoms with Crippen molar-refractivity contribution in [1.82, 2.24) is 5.32 Å². The Morgan fingerprint density at radius 3 is 2.40 bits per heavy atom. The molecule has 0 amide bonds. The zero-order valence-electron chi connectivity index (χ0n) is 8.91. The predicted octanol–water partition coefficient (Wildman–Crippen LogP) is 0.744. The molecule has 1 atom stereocenters. The van der Waals surface area contributed by atoms with E-state index in [0.29, 0.717) is 0 Å². The summed E-state index contributed by atoms with van der Waals surface area (Å²) < 4.78 is 0. The van der Waals surface area contributed by atoms with Gasteiger partial charge in [0, 0.05) is 5.54 Å². The molecule has 2 aliphatic carbocycles. The maximum atomic E-state index is 11.1. The van der Waals surface area contributed by atoms with Crippen molar-refractivity contribution in [1.29, 1.82) is 0 Å². The van der Waals surface area contributed by atoms with Crippen molar-refractivity contribution in [2.75, 3.05) is 6.61 Å². The largest absolute Gasteiger partial charge is 0.480 e. The Balaban J connectivity index is 2.00. The highest BCUT2D eigenvalue weighted by Gasteiger charge is 2.43. The third kappa shape index (κ3) is 2.32. The molecule has 0 spiro atoms. The number of carboxylic acid groups (broad SMARTS) is 1. The standard InChI is InChI=1S/C11H19NO3/c13-7-11(5-1-2-6-11)12-9(10(14)15)8-3-4-8/h8-9,12-13H,1-7H2,(H,14,15). The molecule has 0 saturated heterocycles. The Hall–Kier alpha value is -0.610. The van der Waals surface area contributed by atoms with Crippen LogP contribution in [0.25, 0.3) is 0 Å². The fraction of sp³-hybridized carbons (Fsp3) is 0.909. The van der Waals surface area contributed by atoms with Crippen LogP contribution in [0.1, 0.15) is 38.5 Å². The van der Waals surface area contributed by atoms with Crippen LogP contribution in [0.5, 0.6) is 0 Å². The summed E-state index contributed by atoms with van der Waals surface area (Å²) in [5.74, 6) is -0.483. The van der Waals surface area contributed by atoms with Gasteiger partial charge >= 0.3 is 5.97 Å². The lowest BCUT2D eigenvalue weighted by molar-refractivity contribution is -0.140. The predicted molar refractivity (Wildman–Crippen MR) is 55.6 cm³/mol. The van der Waals surface area contributed by atoms with Crippen LogP contribution in [0.3, 0.4) is 0 Å². The van der Waals surface area contributed by atoms with E-state index < -0.39 is 12.0 Å². The third-order valence-electron chi connectivity index (χ3n) is 3.68. The van der Waals surface area contributed by atoms with Gasteiger partial charge in [0.2, 0.25) is 0 Å². The van der Waals surface area contributed by atoms with E-state index in [0.717, 1.165) is 38.5 Å². The van der Waals surface area contributed by atoms with Gasteiger partial charge in [0.15, 0.2) is 0 Å². The number of aliphatic carboxylic acids is 1. The summed E-state index contributed by atoms with van der Waals surface area (Å²) in [6.45, 7) is 0.0590. The number of nitrogens with one attached hydrogen (secondary N) is 1. The summed E-state index contributed by atoms with van der Waals surface area (Å²) in [7, 11) is 0. The molecule has 0 aliphatic heterocycles. The van der Waals surface area contributed by atoms with Crippen LogP contribution in [0.4, 0.5) is 0 Å². The van der Waals surface area contributed by atoms with E-state index in [1.54, 1.807) is 0 Å². The summed E-state index contributed by atoms with van der Waals surface area (Å²) >= 11 is 0. The van der Waals surface area contributed by atoms with Gasteiger partial charge in [0.05, 0.1) is 6.61 Å². The van der Waals surface area contributed by atoms with Crippen LogP contribution in [0.15, 0.2) is 0 Å². The molecule has 2 aliphatic rings.